The molecule has 45 nitrogen and oxygen atoms in total. The third-order valence-electron chi connectivity index (χ3n) is 20.4. The molecule has 0 spiro atoms. The number of aromatic nitrogens is 2. The number of methoxy groups -OCH3 is 3. The summed E-state index contributed by atoms with van der Waals surface area (Å²) in [7, 11) is -1.13. The summed E-state index contributed by atoms with van der Waals surface area (Å²) in [6, 6.07) is 6.72. The number of hydrogen-bond acceptors (Lipinski definition) is 27. The van der Waals surface area contributed by atoms with Crippen LogP contribution in [-0.4, -0.2) is 227 Å². The van der Waals surface area contributed by atoms with Crippen LogP contribution in [0.25, 0.3) is 22.8 Å². The first-order valence-electron chi connectivity index (χ1n) is 40.7. The number of ether oxygens (including phenoxy) is 4. The average molecular weight is 1840 g/mol. The highest BCUT2D eigenvalue weighted by molar-refractivity contribution is 7.85. The smallest absolute Gasteiger partial charge is 0.303 e. The quantitative estimate of drug-likeness (QED) is 0.0108. The fraction of sp³-hybridized carbons (Fsp3) is 0.429. The predicted octanol–water partition coefficient (Wildman–Crippen LogP) is 0.680. The second-order valence-electron chi connectivity index (χ2n) is 30.0. The minimum absolute atomic E-state index is 0.0563. The summed E-state index contributed by atoms with van der Waals surface area (Å²) >= 11 is 0. The molecule has 0 aliphatic heterocycles. The van der Waals surface area contributed by atoms with E-state index in [4.69, 9.17) is 29.1 Å². The van der Waals surface area contributed by atoms with E-state index < -0.39 is 265 Å². The fourth-order valence-electron chi connectivity index (χ4n) is 12.8. The molecule has 46 heteroatoms. The van der Waals surface area contributed by atoms with E-state index in [1.165, 1.54) is 96.8 Å². The number of pyridine rings is 1. The van der Waals surface area contributed by atoms with E-state index in [0.717, 1.165) is 19.1 Å². The molecule has 11 atom stereocenters. The number of aliphatic carboxylic acids is 4. The van der Waals surface area contributed by atoms with Gasteiger partial charge in [0.1, 0.15) is 82.6 Å². The third-order valence-corrected chi connectivity index (χ3v) is 21.3. The number of nitro benzene ring substituents is 1. The van der Waals surface area contributed by atoms with Gasteiger partial charge in [-0.2, -0.15) is 0 Å². The molecule has 0 aliphatic rings. The molecule has 0 radical (unpaired) electrons. The van der Waals surface area contributed by atoms with Crippen LogP contribution < -0.4 is 87.7 Å². The van der Waals surface area contributed by atoms with E-state index in [1.807, 2.05) is 0 Å². The Kier molecular flexibility index (Phi) is 40.0. The van der Waals surface area contributed by atoms with E-state index in [0.29, 0.717) is 11.1 Å². The maximum atomic E-state index is 15.2. The normalized spacial score (nSPS) is 13.6. The van der Waals surface area contributed by atoms with Gasteiger partial charge in [-0.15, -0.1) is 0 Å². The van der Waals surface area contributed by atoms with Gasteiger partial charge in [-0.3, -0.25) is 86.8 Å². The monoisotopic (exact) mass is 1840 g/mol. The van der Waals surface area contributed by atoms with Gasteiger partial charge in [0.25, 0.3) is 11.6 Å². The van der Waals surface area contributed by atoms with E-state index in [-0.39, 0.29) is 82.0 Å². The topological polar surface area (TPSA) is 680 Å². The molecular formula is C84H105N15O30S. The highest BCUT2D eigenvalue weighted by atomic mass is 32.2. The maximum Gasteiger partial charge on any atom is 0.303 e. The zero-order valence-corrected chi connectivity index (χ0v) is 73.1. The first kappa shape index (κ1) is 104. The van der Waals surface area contributed by atoms with Gasteiger partial charge in [-0.05, 0) is 105 Å². The van der Waals surface area contributed by atoms with Crippen molar-refractivity contribution in [3.05, 3.63) is 142 Å². The summed E-state index contributed by atoms with van der Waals surface area (Å²) in [5.74, 6) is -19.5. The van der Waals surface area contributed by atoms with Crippen LogP contribution in [-0.2, 0) is 102 Å². The molecular weight excluding hydrogens is 1730 g/mol. The Labute approximate surface area is 744 Å². The van der Waals surface area contributed by atoms with Crippen molar-refractivity contribution in [2.75, 3.05) is 34.4 Å². The van der Waals surface area contributed by atoms with Gasteiger partial charge in [-0.1, -0.05) is 64.8 Å². The second-order valence-corrected chi connectivity index (χ2v) is 31.4. The molecule has 6 rings (SSSR count). The van der Waals surface area contributed by atoms with Crippen molar-refractivity contribution < 1.29 is 143 Å². The van der Waals surface area contributed by atoms with Gasteiger partial charge in [0, 0.05) is 80.0 Å². The van der Waals surface area contributed by atoms with Crippen LogP contribution in [0.4, 0.5) is 5.69 Å². The number of carbonyl (C=O) groups is 16. The fourth-order valence-corrected chi connectivity index (χ4v) is 13.5. The van der Waals surface area contributed by atoms with Gasteiger partial charge in [0.15, 0.2) is 36.2 Å². The number of nitrogens with two attached hydrogens (primary N) is 1. The number of nitrogens with one attached hydrogen (secondary N) is 11. The summed E-state index contributed by atoms with van der Waals surface area (Å²) in [5, 5.41) is 77.4. The minimum atomic E-state index is -4.93. The lowest BCUT2D eigenvalue weighted by Crippen LogP contribution is -2.61. The van der Waals surface area contributed by atoms with E-state index >= 15 is 9.59 Å². The Bertz CT molecular complexity index is 5230. The number of primary amides is 1. The molecule has 2 aromatic heterocycles. The van der Waals surface area contributed by atoms with E-state index in [9.17, 15) is 111 Å². The summed E-state index contributed by atoms with van der Waals surface area (Å²) < 4.78 is 65.1. The van der Waals surface area contributed by atoms with Crippen molar-refractivity contribution in [3.8, 4) is 45.8 Å². The lowest BCUT2D eigenvalue weighted by molar-refractivity contribution is -0.688. The van der Waals surface area contributed by atoms with Crippen LogP contribution in [0.2, 0.25) is 0 Å². The lowest BCUT2D eigenvalue weighted by Gasteiger charge is -2.29. The van der Waals surface area contributed by atoms with E-state index in [1.54, 1.807) is 61.1 Å². The van der Waals surface area contributed by atoms with Crippen LogP contribution in [0.3, 0.4) is 0 Å². The first-order chi connectivity index (χ1) is 61.4. The van der Waals surface area contributed by atoms with Crippen molar-refractivity contribution in [2.24, 2.45) is 17.6 Å². The average Bonchev–Trinajstić information content (AvgIpc) is 1.51. The van der Waals surface area contributed by atoms with Crippen molar-refractivity contribution in [1.29, 1.82) is 0 Å². The molecule has 702 valence electrons. The Hall–Kier alpha value is -14.7. The van der Waals surface area contributed by atoms with Gasteiger partial charge >= 0.3 is 23.9 Å². The zero-order chi connectivity index (χ0) is 96.4. The molecule has 2 heterocycles. The molecule has 0 unspecified atom stereocenters. The van der Waals surface area contributed by atoms with Crippen LogP contribution in [0.1, 0.15) is 139 Å². The molecule has 0 saturated heterocycles. The second kappa shape index (κ2) is 50.0. The number of rotatable bonds is 54. The summed E-state index contributed by atoms with van der Waals surface area (Å²) in [5.41, 5.74) is 6.63. The molecule has 0 bridgehead atoms. The van der Waals surface area contributed by atoms with Crippen molar-refractivity contribution >= 4 is 111 Å². The number of carboxylic acid groups (broad SMARTS) is 4. The lowest BCUT2D eigenvalue weighted by atomic mass is 9.96. The molecule has 0 aliphatic carbocycles. The molecule has 17 N–H and O–H groups in total. The van der Waals surface area contributed by atoms with Crippen molar-refractivity contribution in [2.45, 2.75) is 191 Å². The summed E-state index contributed by atoms with van der Waals surface area (Å²) in [6.07, 6.45) is -1.27. The predicted molar refractivity (Wildman–Crippen MR) is 453 cm³/mol. The number of amides is 12. The Morgan fingerprint density at radius 1 is 0.538 bits per heavy atom. The molecule has 0 fully saturated rings. The molecule has 4 aromatic carbocycles. The van der Waals surface area contributed by atoms with Crippen LogP contribution in [0.5, 0.6) is 23.0 Å². The molecule has 130 heavy (non-hydrogen) atoms. The van der Waals surface area contributed by atoms with Gasteiger partial charge in [0.05, 0.1) is 55.5 Å². The maximum absolute atomic E-state index is 15.2. The van der Waals surface area contributed by atoms with Gasteiger partial charge < -0.3 is 113 Å². The standard InChI is InChI=1S/C84H105N15O30S/c1-10-44(3)72(82(118)94-57(22-27-70(106)107)77(113)89-46(5)74(85)110)96-80(116)56(21-26-69(104)105)91-67(101)41-87-76(112)60(36-48-15-18-54(19-16-48)128-43-53-37-63(126-8)64(127-9)39-61(53)99(120)121)95-83(119)73(45(4)11-2)97-81(117)59(93-79(115)58(23-28-71(108)109)92-78(114)55(90-47(6)100)20-25-68(102)103)29-32-86-75(111)52-14-12-13-49(35-52)42-98-33-30-50(31-34-98)84-88-40-65(129-84)51-17-24-62(125-7)66(38-51)130(122,123)124/h12-19,24,30-31,33-35,37-40,44-46,55-60,72-73H,10-11,20-23,25-29,32,36,41-43H2,1-9H3,(H17-,85,86,87,89,90,91,92,93,94,95,96,97,100,101,102,103,104,105,106,107,108,109,110,111,112,113,114,115,116,117,118,119,122,123,124)/t44-,45-,46-,55-,56-,57-,58-,59-,60-,72-,73-/m0/s1. The molecule has 0 saturated carbocycles. The van der Waals surface area contributed by atoms with Crippen molar-refractivity contribution in [1.82, 2.24) is 63.5 Å². The van der Waals surface area contributed by atoms with Crippen LogP contribution >= 0.6 is 0 Å². The number of nitro groups is 1. The number of carboxylic acids is 4. The largest absolute Gasteiger partial charge is 0.744 e. The van der Waals surface area contributed by atoms with Gasteiger partial charge in [0.2, 0.25) is 70.9 Å². The Morgan fingerprint density at radius 3 is 1.52 bits per heavy atom. The number of carbonyl (C=O) groups excluding carboxylic acids is 12. The zero-order valence-electron chi connectivity index (χ0n) is 72.3. The summed E-state index contributed by atoms with van der Waals surface area (Å²) in [6.45, 7) is 6.80. The van der Waals surface area contributed by atoms with E-state index in [2.05, 4.69) is 63.5 Å². The number of hydrogen-bond donors (Lipinski definition) is 16. The highest BCUT2D eigenvalue weighted by Gasteiger charge is 2.38. The molecule has 12 amide bonds. The van der Waals surface area contributed by atoms with Crippen LogP contribution in [0.15, 0.2) is 119 Å². The first-order valence-corrected chi connectivity index (χ1v) is 42.1. The van der Waals surface area contributed by atoms with Gasteiger partial charge in [-0.25, -0.2) is 18.0 Å². The number of oxazole rings is 1. The molecule has 6 aromatic rings. The van der Waals surface area contributed by atoms with Crippen molar-refractivity contribution in [3.63, 3.8) is 0 Å². The minimum Gasteiger partial charge on any atom is -0.744 e. The number of nitrogens with zero attached hydrogens (tertiary/aromatic N) is 3. The number of benzene rings is 4. The SMILES string of the molecule is CC[C@H](C)[C@H](NC(=O)[C@H](CCNC(=O)c1cccc(C[n+]2ccc(-c3ncc(-c4ccc(OC)c(S(=O)(=O)[O-])c4)o3)cc2)c1)NC(=O)[C@H](CCC(=O)O)NC(=O)[C@H](CCC(=O)O)NC(C)=O)C(=O)N[C@@H](Cc1ccc(OCc2cc(OC)c(OC)cc2[N+](=O)[O-])cc1)C(=O)NCC(=O)N[C@@H](CCC(=O)O)C(=O)N[C@H](C(=O)N[C@@H](CCC(=O)O)C(=O)N[C@@H](C)C(N)=O)[C@@H](C)CC. The summed E-state index contributed by atoms with van der Waals surface area (Å²) in [4.78, 5) is 230. The highest BCUT2D eigenvalue weighted by Crippen LogP contribution is 2.36. The third kappa shape index (κ3) is 32.6. The Balaban J connectivity index is 1.31. The Morgan fingerprint density at radius 2 is 1.02 bits per heavy atom. The van der Waals surface area contributed by atoms with Crippen LogP contribution in [0, 0.1) is 22.0 Å².